The van der Waals surface area contributed by atoms with Gasteiger partial charge in [-0.3, -0.25) is 9.59 Å². The van der Waals surface area contributed by atoms with E-state index < -0.39 is 24.1 Å². The van der Waals surface area contributed by atoms with E-state index >= 15 is 0 Å². The van der Waals surface area contributed by atoms with E-state index in [1.165, 1.54) is 18.1 Å². The number of likely N-dealkylation sites (tertiary alicyclic amines) is 1. The number of hydrogen-bond acceptors (Lipinski definition) is 4. The molecule has 0 bridgehead atoms. The molecule has 0 unspecified atom stereocenters. The predicted octanol–water partition coefficient (Wildman–Crippen LogP) is 2.41. The fourth-order valence-corrected chi connectivity index (χ4v) is 5.77. The molecule has 5 rings (SSSR count). The molecule has 2 aliphatic rings. The van der Waals surface area contributed by atoms with Gasteiger partial charge < -0.3 is 26.0 Å². The van der Waals surface area contributed by atoms with Crippen molar-refractivity contribution in [1.29, 1.82) is 0 Å². The molecule has 2 aromatic carbocycles. The van der Waals surface area contributed by atoms with Crippen molar-refractivity contribution < 1.29 is 14.7 Å². The van der Waals surface area contributed by atoms with Crippen molar-refractivity contribution in [1.82, 2.24) is 15.2 Å². The number of rotatable bonds is 6. The van der Waals surface area contributed by atoms with Gasteiger partial charge in [0.05, 0.1) is 6.61 Å². The Kier molecular flexibility index (Phi) is 6.15. The van der Waals surface area contributed by atoms with Gasteiger partial charge in [-0.05, 0) is 60.8 Å². The van der Waals surface area contributed by atoms with E-state index in [1.807, 2.05) is 35.4 Å². The van der Waals surface area contributed by atoms with Gasteiger partial charge in [0, 0.05) is 36.6 Å². The summed E-state index contributed by atoms with van der Waals surface area (Å²) in [6.07, 6.45) is 6.32. The lowest BCUT2D eigenvalue weighted by molar-refractivity contribution is -0.139. The van der Waals surface area contributed by atoms with Crippen LogP contribution < -0.4 is 11.1 Å². The van der Waals surface area contributed by atoms with Crippen molar-refractivity contribution >= 4 is 22.7 Å². The minimum Gasteiger partial charge on any atom is -0.394 e. The van der Waals surface area contributed by atoms with Crippen LogP contribution in [0.5, 0.6) is 0 Å². The molecular formula is C28H34N4O3. The molecule has 1 saturated heterocycles. The molecular weight excluding hydrogens is 440 g/mol. The first-order valence-electron chi connectivity index (χ1n) is 12.5. The molecule has 2 amide bonds. The second-order valence-electron chi connectivity index (χ2n) is 10.4. The Morgan fingerprint density at radius 3 is 2.63 bits per heavy atom. The van der Waals surface area contributed by atoms with E-state index in [4.69, 9.17) is 5.73 Å². The van der Waals surface area contributed by atoms with Crippen LogP contribution in [0.4, 0.5) is 0 Å². The third-order valence-corrected chi connectivity index (χ3v) is 8.04. The summed E-state index contributed by atoms with van der Waals surface area (Å²) in [6.45, 7) is 2.29. The summed E-state index contributed by atoms with van der Waals surface area (Å²) >= 11 is 0. The Morgan fingerprint density at radius 1 is 1.14 bits per heavy atom. The number of aliphatic hydroxyl groups is 1. The van der Waals surface area contributed by atoms with Crippen molar-refractivity contribution in [3.8, 4) is 0 Å². The van der Waals surface area contributed by atoms with Gasteiger partial charge in [-0.2, -0.15) is 0 Å². The number of para-hydroxylation sites is 1. The molecule has 35 heavy (non-hydrogen) atoms. The number of piperidine rings is 1. The first kappa shape index (κ1) is 23.6. The Bertz CT molecular complexity index is 1240. The van der Waals surface area contributed by atoms with Crippen LogP contribution in [-0.2, 0) is 27.8 Å². The molecule has 1 spiro atoms. The largest absolute Gasteiger partial charge is 0.394 e. The maximum atomic E-state index is 13.8. The molecule has 2 heterocycles. The topological polar surface area (TPSA) is 111 Å². The number of aromatic amines is 1. The third-order valence-electron chi connectivity index (χ3n) is 8.04. The fraction of sp³-hybridized carbons (Fsp3) is 0.429. The van der Waals surface area contributed by atoms with E-state index in [0.717, 1.165) is 42.1 Å². The summed E-state index contributed by atoms with van der Waals surface area (Å²) in [7, 11) is 0. The number of aromatic nitrogens is 1. The van der Waals surface area contributed by atoms with Crippen molar-refractivity contribution in [3.63, 3.8) is 0 Å². The van der Waals surface area contributed by atoms with Crippen LogP contribution in [0.25, 0.3) is 10.9 Å². The number of nitrogens with two attached hydrogens (primary N) is 1. The second kappa shape index (κ2) is 9.13. The quantitative estimate of drug-likeness (QED) is 0.440. The van der Waals surface area contributed by atoms with Crippen molar-refractivity contribution in [2.24, 2.45) is 5.73 Å². The second-order valence-corrected chi connectivity index (χ2v) is 10.4. The fourth-order valence-electron chi connectivity index (χ4n) is 5.77. The van der Waals surface area contributed by atoms with E-state index in [1.54, 1.807) is 0 Å². The molecule has 5 N–H and O–H groups in total. The van der Waals surface area contributed by atoms with E-state index in [0.29, 0.717) is 19.5 Å². The standard InChI is InChI=1S/C28H34N4O3/c1-27(29,18-33)26(35)31-24(16-20-17-30-23-9-5-3-7-21(20)23)25(34)32-14-12-28(13-15-32)11-10-19-6-2-4-8-22(19)28/h2-9,17,24,30,33H,10-16,18,29H2,1H3,(H,31,35)/t24-,27-/m1/s1. The van der Waals surface area contributed by atoms with Crippen molar-refractivity contribution in [3.05, 3.63) is 71.4 Å². The highest BCUT2D eigenvalue weighted by Crippen LogP contribution is 2.46. The summed E-state index contributed by atoms with van der Waals surface area (Å²) < 4.78 is 0. The molecule has 1 aliphatic carbocycles. The zero-order chi connectivity index (χ0) is 24.6. The maximum absolute atomic E-state index is 13.8. The number of fused-ring (bicyclic) bond motifs is 3. The zero-order valence-electron chi connectivity index (χ0n) is 20.2. The van der Waals surface area contributed by atoms with Gasteiger partial charge in [0.1, 0.15) is 11.6 Å². The van der Waals surface area contributed by atoms with Crippen LogP contribution in [0.1, 0.15) is 42.9 Å². The van der Waals surface area contributed by atoms with Crippen molar-refractivity contribution in [2.75, 3.05) is 19.7 Å². The molecule has 0 saturated carbocycles. The van der Waals surface area contributed by atoms with Gasteiger partial charge in [-0.25, -0.2) is 0 Å². The number of hydrogen-bond donors (Lipinski definition) is 4. The average Bonchev–Trinajstić information content (AvgIpc) is 3.45. The zero-order valence-corrected chi connectivity index (χ0v) is 20.2. The number of carbonyl (C=O) groups is 2. The van der Waals surface area contributed by atoms with Gasteiger partial charge in [-0.1, -0.05) is 42.5 Å². The van der Waals surface area contributed by atoms with Crippen LogP contribution in [-0.4, -0.2) is 58.1 Å². The van der Waals surface area contributed by atoms with Crippen LogP contribution in [0, 0.1) is 0 Å². The smallest absolute Gasteiger partial charge is 0.245 e. The highest BCUT2D eigenvalue weighted by molar-refractivity contribution is 5.93. The van der Waals surface area contributed by atoms with E-state index in [2.05, 4.69) is 34.6 Å². The molecule has 1 fully saturated rings. The summed E-state index contributed by atoms with van der Waals surface area (Å²) in [5.41, 5.74) is 9.49. The summed E-state index contributed by atoms with van der Waals surface area (Å²) in [6, 6.07) is 15.8. The molecule has 1 aromatic heterocycles. The Labute approximate surface area is 205 Å². The first-order valence-corrected chi connectivity index (χ1v) is 12.5. The number of nitrogens with one attached hydrogen (secondary N) is 2. The Morgan fingerprint density at radius 2 is 1.86 bits per heavy atom. The molecule has 2 atom stereocenters. The minimum absolute atomic E-state index is 0.0986. The van der Waals surface area contributed by atoms with Gasteiger partial charge in [0.2, 0.25) is 11.8 Å². The summed E-state index contributed by atoms with van der Waals surface area (Å²) in [4.78, 5) is 31.7. The number of aliphatic hydroxyl groups excluding tert-OH is 1. The number of amides is 2. The highest BCUT2D eigenvalue weighted by atomic mass is 16.3. The van der Waals surface area contributed by atoms with Crippen LogP contribution in [0.3, 0.4) is 0 Å². The minimum atomic E-state index is -1.46. The molecule has 184 valence electrons. The summed E-state index contributed by atoms with van der Waals surface area (Å²) in [5.74, 6) is -0.630. The van der Waals surface area contributed by atoms with E-state index in [-0.39, 0.29) is 11.3 Å². The normalized spacial score (nSPS) is 19.3. The van der Waals surface area contributed by atoms with Gasteiger partial charge in [-0.15, -0.1) is 0 Å². The maximum Gasteiger partial charge on any atom is 0.245 e. The SMILES string of the molecule is C[C@@](N)(CO)C(=O)N[C@H](Cc1c[nH]c2ccccc12)C(=O)N1CCC2(CCc3ccccc32)CC1. The van der Waals surface area contributed by atoms with Gasteiger partial charge >= 0.3 is 0 Å². The monoisotopic (exact) mass is 474 g/mol. The lowest BCUT2D eigenvalue weighted by Gasteiger charge is -2.41. The number of H-pyrrole nitrogens is 1. The van der Waals surface area contributed by atoms with Gasteiger partial charge in [0.25, 0.3) is 0 Å². The molecule has 1 aliphatic heterocycles. The highest BCUT2D eigenvalue weighted by Gasteiger charge is 2.43. The third kappa shape index (κ3) is 4.34. The Hall–Kier alpha value is -3.16. The lowest BCUT2D eigenvalue weighted by Crippen LogP contribution is -2.60. The van der Waals surface area contributed by atoms with Crippen LogP contribution >= 0.6 is 0 Å². The number of nitrogens with zero attached hydrogens (tertiary/aromatic N) is 1. The average molecular weight is 475 g/mol. The lowest BCUT2D eigenvalue weighted by atomic mass is 9.73. The molecule has 7 heteroatoms. The van der Waals surface area contributed by atoms with Crippen LogP contribution in [0.15, 0.2) is 54.7 Å². The molecule has 3 aromatic rings. The van der Waals surface area contributed by atoms with E-state index in [9.17, 15) is 14.7 Å². The predicted molar refractivity (Wildman–Crippen MR) is 136 cm³/mol. The number of aryl methyl sites for hydroxylation is 1. The Balaban J connectivity index is 1.35. The van der Waals surface area contributed by atoms with Crippen molar-refractivity contribution in [2.45, 2.75) is 56.0 Å². The van der Waals surface area contributed by atoms with Gasteiger partial charge in [0.15, 0.2) is 0 Å². The molecule has 7 nitrogen and oxygen atoms in total. The molecule has 0 radical (unpaired) electrons. The number of carbonyl (C=O) groups excluding carboxylic acids is 2. The summed E-state index contributed by atoms with van der Waals surface area (Å²) in [5, 5.41) is 13.5. The number of benzene rings is 2. The first-order chi connectivity index (χ1) is 16.8. The van der Waals surface area contributed by atoms with Crippen LogP contribution in [0.2, 0.25) is 0 Å².